The summed E-state index contributed by atoms with van der Waals surface area (Å²) in [5.74, 6) is 0.622. The second-order valence-corrected chi connectivity index (χ2v) is 6.54. The first-order chi connectivity index (χ1) is 10.9. The number of ether oxygens (including phenoxy) is 1. The summed E-state index contributed by atoms with van der Waals surface area (Å²) in [6.07, 6.45) is 2.72. The highest BCUT2D eigenvalue weighted by Crippen LogP contribution is 2.20. The lowest BCUT2D eigenvalue weighted by Gasteiger charge is -2.07. The quantitative estimate of drug-likeness (QED) is 0.763. The Kier molecular flexibility index (Phi) is 3.57. The van der Waals surface area contributed by atoms with Crippen LogP contribution in [0.15, 0.2) is 52.5 Å². The van der Waals surface area contributed by atoms with Crippen LogP contribution < -0.4 is 15.0 Å². The first kappa shape index (κ1) is 15.1. The zero-order valence-corrected chi connectivity index (χ0v) is 13.2. The topological polar surface area (TPSA) is 94.7 Å². The van der Waals surface area contributed by atoms with Gasteiger partial charge < -0.3 is 4.74 Å². The smallest absolute Gasteiger partial charge is 0.290 e. The van der Waals surface area contributed by atoms with Gasteiger partial charge >= 0.3 is 0 Å². The van der Waals surface area contributed by atoms with Gasteiger partial charge in [0.2, 0.25) is 0 Å². The summed E-state index contributed by atoms with van der Waals surface area (Å²) >= 11 is 0. The van der Waals surface area contributed by atoms with Crippen LogP contribution >= 0.6 is 0 Å². The van der Waals surface area contributed by atoms with E-state index in [0.29, 0.717) is 11.4 Å². The minimum Gasteiger partial charge on any atom is -0.497 e. The standard InChI is InChI=1S/C14H14N4O4S/c1-17-14(19)13-7-12(8-18(13)9-15-17)23(20,21)16-10-3-5-11(22-2)6-4-10/h3-9,16H,1-2H3. The number of aryl methyl sites for hydroxylation is 1. The summed E-state index contributed by atoms with van der Waals surface area (Å²) in [5, 5.41) is 3.84. The molecule has 0 fully saturated rings. The number of aromatic nitrogens is 3. The summed E-state index contributed by atoms with van der Waals surface area (Å²) in [6, 6.07) is 7.79. The zero-order chi connectivity index (χ0) is 16.6. The fourth-order valence-electron chi connectivity index (χ4n) is 2.09. The molecule has 0 unspecified atom stereocenters. The van der Waals surface area contributed by atoms with Crippen molar-refractivity contribution in [2.45, 2.75) is 4.90 Å². The number of hydrogen-bond donors (Lipinski definition) is 1. The van der Waals surface area contributed by atoms with E-state index in [1.54, 1.807) is 24.3 Å². The molecule has 0 aliphatic carbocycles. The van der Waals surface area contributed by atoms with Crippen molar-refractivity contribution < 1.29 is 13.2 Å². The van der Waals surface area contributed by atoms with E-state index in [0.717, 1.165) is 4.68 Å². The Morgan fingerprint density at radius 3 is 2.57 bits per heavy atom. The molecule has 1 N–H and O–H groups in total. The molecular weight excluding hydrogens is 320 g/mol. The molecule has 0 aliphatic heterocycles. The average molecular weight is 334 g/mol. The first-order valence-electron chi connectivity index (χ1n) is 6.61. The number of nitrogens with zero attached hydrogens (tertiary/aromatic N) is 3. The third kappa shape index (κ3) is 2.78. The number of nitrogens with one attached hydrogen (secondary N) is 1. The van der Waals surface area contributed by atoms with E-state index in [1.807, 2.05) is 0 Å². The van der Waals surface area contributed by atoms with Gasteiger partial charge in [-0.1, -0.05) is 0 Å². The van der Waals surface area contributed by atoms with Crippen molar-refractivity contribution >= 4 is 21.2 Å². The van der Waals surface area contributed by atoms with E-state index >= 15 is 0 Å². The molecule has 2 aromatic heterocycles. The summed E-state index contributed by atoms with van der Waals surface area (Å²) in [5.41, 5.74) is 0.253. The van der Waals surface area contributed by atoms with Gasteiger partial charge in [-0.2, -0.15) is 5.10 Å². The highest BCUT2D eigenvalue weighted by Gasteiger charge is 2.18. The summed E-state index contributed by atoms with van der Waals surface area (Å²) < 4.78 is 34.9. The minimum absolute atomic E-state index is 0.0154. The van der Waals surface area contributed by atoms with Gasteiger partial charge in [0.1, 0.15) is 22.5 Å². The van der Waals surface area contributed by atoms with Crippen LogP contribution in [0, 0.1) is 0 Å². The lowest BCUT2D eigenvalue weighted by atomic mass is 10.3. The van der Waals surface area contributed by atoms with Crippen molar-refractivity contribution in [3.05, 3.63) is 53.2 Å². The van der Waals surface area contributed by atoms with E-state index in [4.69, 9.17) is 4.74 Å². The monoisotopic (exact) mass is 334 g/mol. The maximum absolute atomic E-state index is 12.4. The highest BCUT2D eigenvalue weighted by molar-refractivity contribution is 7.92. The number of benzene rings is 1. The molecule has 3 aromatic rings. The van der Waals surface area contributed by atoms with E-state index in [9.17, 15) is 13.2 Å². The van der Waals surface area contributed by atoms with Crippen molar-refractivity contribution in [2.75, 3.05) is 11.8 Å². The van der Waals surface area contributed by atoms with Gasteiger partial charge in [-0.15, -0.1) is 0 Å². The Hall–Kier alpha value is -2.81. The molecule has 2 heterocycles. The number of fused-ring (bicyclic) bond motifs is 1. The van der Waals surface area contributed by atoms with Gasteiger partial charge in [0.15, 0.2) is 0 Å². The van der Waals surface area contributed by atoms with E-state index in [1.165, 1.54) is 37.1 Å². The van der Waals surface area contributed by atoms with Gasteiger partial charge in [-0.25, -0.2) is 13.1 Å². The fourth-order valence-corrected chi connectivity index (χ4v) is 3.18. The van der Waals surface area contributed by atoms with Gasteiger partial charge in [-0.3, -0.25) is 13.9 Å². The molecule has 8 nitrogen and oxygen atoms in total. The van der Waals surface area contributed by atoms with Gasteiger partial charge in [0.25, 0.3) is 15.6 Å². The molecular formula is C14H14N4O4S. The Bertz CT molecular complexity index is 1020. The maximum Gasteiger partial charge on any atom is 0.290 e. The predicted octanol–water partition coefficient (Wildman–Crippen LogP) is 0.842. The molecule has 120 valence electrons. The Balaban J connectivity index is 1.98. The zero-order valence-electron chi connectivity index (χ0n) is 12.4. The van der Waals surface area contributed by atoms with Crippen LogP contribution in [-0.4, -0.2) is 29.7 Å². The molecule has 0 bridgehead atoms. The minimum atomic E-state index is -3.81. The molecule has 0 atom stereocenters. The summed E-state index contributed by atoms with van der Waals surface area (Å²) in [7, 11) is -0.785. The van der Waals surface area contributed by atoms with Gasteiger partial charge in [0, 0.05) is 18.9 Å². The number of sulfonamides is 1. The Labute approximate surface area is 132 Å². The molecule has 23 heavy (non-hydrogen) atoms. The third-order valence-corrected chi connectivity index (χ3v) is 4.69. The van der Waals surface area contributed by atoms with E-state index in [-0.39, 0.29) is 16.0 Å². The van der Waals surface area contributed by atoms with E-state index in [2.05, 4.69) is 9.82 Å². The Morgan fingerprint density at radius 2 is 1.91 bits per heavy atom. The maximum atomic E-state index is 12.4. The number of methoxy groups -OCH3 is 1. The molecule has 0 radical (unpaired) electrons. The lowest BCUT2D eigenvalue weighted by Crippen LogP contribution is -2.20. The molecule has 3 rings (SSSR count). The molecule has 0 spiro atoms. The molecule has 9 heteroatoms. The van der Waals surface area contributed by atoms with Crippen LogP contribution in [0.4, 0.5) is 5.69 Å². The molecule has 1 aromatic carbocycles. The predicted molar refractivity (Wildman–Crippen MR) is 84.2 cm³/mol. The van der Waals surface area contributed by atoms with Gasteiger partial charge in [-0.05, 0) is 30.3 Å². The van der Waals surface area contributed by atoms with Crippen LogP contribution in [0.3, 0.4) is 0 Å². The van der Waals surface area contributed by atoms with Crippen LogP contribution in [0.5, 0.6) is 5.75 Å². The van der Waals surface area contributed by atoms with Crippen LogP contribution in [-0.2, 0) is 17.1 Å². The second-order valence-electron chi connectivity index (χ2n) is 4.86. The molecule has 0 aliphatic rings. The van der Waals surface area contributed by atoms with Crippen LogP contribution in [0.2, 0.25) is 0 Å². The van der Waals surface area contributed by atoms with Crippen molar-refractivity contribution in [2.24, 2.45) is 7.05 Å². The molecule has 0 saturated heterocycles. The summed E-state index contributed by atoms with van der Waals surface area (Å²) in [4.78, 5) is 11.9. The van der Waals surface area contributed by atoms with Crippen molar-refractivity contribution in [1.29, 1.82) is 0 Å². The molecule has 0 saturated carbocycles. The SMILES string of the molecule is COc1ccc(NS(=O)(=O)c2cc3c(=O)n(C)ncn3c2)cc1. The number of hydrogen-bond acceptors (Lipinski definition) is 5. The highest BCUT2D eigenvalue weighted by atomic mass is 32.2. The fraction of sp³-hybridized carbons (Fsp3) is 0.143. The van der Waals surface area contributed by atoms with Crippen molar-refractivity contribution in [3.8, 4) is 5.75 Å². The number of rotatable bonds is 4. The second kappa shape index (κ2) is 5.43. The largest absolute Gasteiger partial charge is 0.497 e. The Morgan fingerprint density at radius 1 is 1.22 bits per heavy atom. The molecule has 0 amide bonds. The van der Waals surface area contributed by atoms with Crippen LogP contribution in [0.1, 0.15) is 0 Å². The first-order valence-corrected chi connectivity index (χ1v) is 8.10. The number of anilines is 1. The third-order valence-electron chi connectivity index (χ3n) is 3.34. The van der Waals surface area contributed by atoms with E-state index < -0.39 is 10.0 Å². The van der Waals surface area contributed by atoms with Gasteiger partial charge in [0.05, 0.1) is 7.11 Å². The van der Waals surface area contributed by atoms with Crippen LogP contribution in [0.25, 0.3) is 5.52 Å². The average Bonchev–Trinajstić information content (AvgIpc) is 2.97. The lowest BCUT2D eigenvalue weighted by molar-refractivity contribution is 0.415. The normalized spacial score (nSPS) is 11.6. The summed E-state index contributed by atoms with van der Waals surface area (Å²) in [6.45, 7) is 0. The van der Waals surface area contributed by atoms with Crippen molar-refractivity contribution in [1.82, 2.24) is 14.2 Å². The van der Waals surface area contributed by atoms with Crippen molar-refractivity contribution in [3.63, 3.8) is 0 Å².